The van der Waals surface area contributed by atoms with E-state index in [2.05, 4.69) is 37.2 Å². The molecule has 29 heteroatoms. The smallest absolute Gasteiger partial charge is 0.481 e. The van der Waals surface area contributed by atoms with Gasteiger partial charge in [0.1, 0.15) is 42.3 Å². The molecule has 0 heterocycles. The molecule has 26 nitrogen and oxygen atoms in total. The van der Waals surface area contributed by atoms with E-state index in [0.29, 0.717) is 32.2 Å². The number of nitrogens with one attached hydrogen (secondary N) is 7. The van der Waals surface area contributed by atoms with Gasteiger partial charge in [-0.05, 0) is 90.6 Å². The van der Waals surface area contributed by atoms with Gasteiger partial charge in [0.05, 0.1) is 12.2 Å². The number of unbranched alkanes of at least 4 members (excludes halogenated alkanes) is 2. The molecule has 0 aliphatic rings. The Morgan fingerprint density at radius 1 is 0.507 bits per heavy atom. The number of carboxylic acid groups (broad SMARTS) is 3. The Labute approximate surface area is 395 Å². The van der Waals surface area contributed by atoms with Gasteiger partial charge in [0.15, 0.2) is 0 Å². The lowest BCUT2D eigenvalue weighted by Gasteiger charge is -2.29. The van der Waals surface area contributed by atoms with Crippen LogP contribution in [0.15, 0.2) is 0 Å². The molecule has 0 radical (unpaired) electrons. The number of aliphatic carboxylic acids is 3. The number of carboxylic acids is 3. The molecule has 69 heavy (non-hydrogen) atoms. The van der Waals surface area contributed by atoms with Gasteiger partial charge in [-0.1, -0.05) is 13.8 Å². The normalized spacial score (nSPS) is 15.0. The standard InChI is InChI=1S/C38H68N10O14.C2HF3O2/c1-19(2)18-27(42-22(5)51)35(58)44-23(10-6-8-16-39)32(55)43-24(11-7-9-17-40)33(56)47-30(20(3)49)36(59)45-25(13-15-29(53)54)34(57)48-31(21(4)50)37(60)46-26(38(61)62)12-14-28(41)52;3-2(4,5)1(6)7/h19-21,23-27,30-31,49-50H,6-18,39-40H2,1-5H3,(H2,41,52)(H,42,51)(H,43,55)(H,44,58)(H,45,59)(H,46,60)(H,47,56)(H,48,57)(H,53,54)(H,61,62);(H,6,7)/t20-,21-,23+,24+,25+,26+,27+,30+,31+;/m1./s1. The van der Waals surface area contributed by atoms with Crippen molar-refractivity contribution in [2.75, 3.05) is 13.1 Å². The molecule has 0 unspecified atom stereocenters. The molecule has 0 rings (SSSR count). The van der Waals surface area contributed by atoms with Gasteiger partial charge < -0.3 is 80.0 Å². The number of primary amides is 1. The number of halogens is 3. The highest BCUT2D eigenvalue weighted by molar-refractivity contribution is 5.97. The fourth-order valence-corrected chi connectivity index (χ4v) is 5.94. The Bertz CT molecular complexity index is 1740. The molecule has 0 aliphatic heterocycles. The molecule has 0 bridgehead atoms. The minimum atomic E-state index is -5.08. The third kappa shape index (κ3) is 28.7. The summed E-state index contributed by atoms with van der Waals surface area (Å²) >= 11 is 0. The van der Waals surface area contributed by atoms with Crippen molar-refractivity contribution < 1.29 is 91.4 Å². The van der Waals surface area contributed by atoms with E-state index >= 15 is 0 Å². The van der Waals surface area contributed by atoms with Crippen molar-refractivity contribution in [1.82, 2.24) is 37.2 Å². The van der Waals surface area contributed by atoms with Crippen molar-refractivity contribution in [2.45, 2.75) is 166 Å². The van der Waals surface area contributed by atoms with Crippen LogP contribution in [-0.2, 0) is 52.7 Å². The van der Waals surface area contributed by atoms with Crippen LogP contribution in [0.4, 0.5) is 13.2 Å². The summed E-state index contributed by atoms with van der Waals surface area (Å²) < 4.78 is 31.7. The number of hydrogen-bond donors (Lipinski definition) is 15. The maximum atomic E-state index is 13.8. The molecule has 0 aromatic heterocycles. The first-order valence-electron chi connectivity index (χ1n) is 21.8. The molecule has 9 atom stereocenters. The van der Waals surface area contributed by atoms with Crippen LogP contribution >= 0.6 is 0 Å². The lowest BCUT2D eigenvalue weighted by Crippen LogP contribution is -2.62. The van der Waals surface area contributed by atoms with Crippen molar-refractivity contribution in [3.63, 3.8) is 0 Å². The molecular weight excluding hydrogens is 933 g/mol. The Morgan fingerprint density at radius 3 is 1.17 bits per heavy atom. The average Bonchev–Trinajstić information content (AvgIpc) is 3.22. The van der Waals surface area contributed by atoms with E-state index in [9.17, 15) is 81.5 Å². The molecule has 8 amide bonds. The van der Waals surface area contributed by atoms with Crippen molar-refractivity contribution in [2.24, 2.45) is 23.1 Å². The quantitative estimate of drug-likeness (QED) is 0.0289. The summed E-state index contributed by atoms with van der Waals surface area (Å²) in [5.41, 5.74) is 16.4. The van der Waals surface area contributed by atoms with Crippen molar-refractivity contribution in [3.05, 3.63) is 0 Å². The lowest BCUT2D eigenvalue weighted by molar-refractivity contribution is -0.192. The largest absolute Gasteiger partial charge is 0.490 e. The predicted molar refractivity (Wildman–Crippen MR) is 234 cm³/mol. The molecular formula is C40H69F3N10O16. The molecule has 0 aliphatic carbocycles. The van der Waals surface area contributed by atoms with Crippen molar-refractivity contribution >= 4 is 65.2 Å². The molecule has 18 N–H and O–H groups in total. The number of hydrogen-bond acceptors (Lipinski definition) is 15. The van der Waals surface area contributed by atoms with Crippen LogP contribution in [0, 0.1) is 5.92 Å². The summed E-state index contributed by atoms with van der Waals surface area (Å²) in [4.78, 5) is 136. The van der Waals surface area contributed by atoms with E-state index in [1.807, 2.05) is 13.8 Å². The third-order valence-electron chi connectivity index (χ3n) is 9.50. The van der Waals surface area contributed by atoms with E-state index in [-0.39, 0.29) is 31.7 Å². The molecule has 0 aromatic carbocycles. The van der Waals surface area contributed by atoms with Gasteiger partial charge in [-0.2, -0.15) is 13.2 Å². The van der Waals surface area contributed by atoms with Crippen molar-refractivity contribution in [3.8, 4) is 0 Å². The van der Waals surface area contributed by atoms with Crippen molar-refractivity contribution in [1.29, 1.82) is 0 Å². The van der Waals surface area contributed by atoms with Gasteiger partial charge in [0.25, 0.3) is 0 Å². The highest BCUT2D eigenvalue weighted by atomic mass is 19.4. The van der Waals surface area contributed by atoms with Crippen LogP contribution in [0.25, 0.3) is 0 Å². The number of aliphatic hydroxyl groups is 2. The Kier molecular flexibility index (Phi) is 31.3. The zero-order chi connectivity index (χ0) is 53.8. The first kappa shape index (κ1) is 64.9. The first-order chi connectivity index (χ1) is 31.9. The van der Waals surface area contributed by atoms with Crippen LogP contribution in [0.2, 0.25) is 0 Å². The summed E-state index contributed by atoms with van der Waals surface area (Å²) in [6.07, 6.45) is -8.65. The molecule has 0 saturated heterocycles. The zero-order valence-corrected chi connectivity index (χ0v) is 39.1. The number of aliphatic hydroxyl groups excluding tert-OH is 2. The van der Waals surface area contributed by atoms with E-state index in [4.69, 9.17) is 27.1 Å². The summed E-state index contributed by atoms with van der Waals surface area (Å²) in [6, 6.07) is -10.6. The van der Waals surface area contributed by atoms with Crippen LogP contribution in [0.5, 0.6) is 0 Å². The molecule has 0 spiro atoms. The SMILES string of the molecule is CC(=O)N[C@@H](CC(C)C)C(=O)N[C@@H](CCCCN)C(=O)N[C@@H](CCCCN)C(=O)N[C@H](C(=O)N[C@@H](CCC(=O)O)C(=O)N[C@H](C(=O)N[C@@H](CCC(N)=O)C(=O)O)[C@@H](C)O)[C@@H](C)O.O=C(O)C(F)(F)F. The molecule has 396 valence electrons. The number of nitrogens with two attached hydrogens (primary N) is 3. The predicted octanol–water partition coefficient (Wildman–Crippen LogP) is -3.69. The second-order valence-electron chi connectivity index (χ2n) is 16.2. The summed E-state index contributed by atoms with van der Waals surface area (Å²) in [7, 11) is 0. The average molecular weight is 1000 g/mol. The number of rotatable bonds is 32. The topological polar surface area (TPSA) is 451 Å². The minimum absolute atomic E-state index is 0.00796. The Balaban J connectivity index is 0. The summed E-state index contributed by atoms with van der Waals surface area (Å²) in [6.45, 7) is 7.64. The maximum absolute atomic E-state index is 13.8. The first-order valence-corrected chi connectivity index (χ1v) is 21.8. The van der Waals surface area contributed by atoms with Crippen LogP contribution < -0.4 is 54.4 Å². The summed E-state index contributed by atoms with van der Waals surface area (Å²) in [5, 5.41) is 63.5. The Morgan fingerprint density at radius 2 is 0.855 bits per heavy atom. The van der Waals surface area contributed by atoms with Crippen LogP contribution in [-0.4, -0.2) is 164 Å². The van der Waals surface area contributed by atoms with Gasteiger partial charge in [-0.3, -0.25) is 43.2 Å². The van der Waals surface area contributed by atoms with E-state index in [0.717, 1.165) is 13.8 Å². The number of alkyl halides is 3. The van der Waals surface area contributed by atoms with Gasteiger partial charge in [0.2, 0.25) is 47.3 Å². The van der Waals surface area contributed by atoms with Gasteiger partial charge >= 0.3 is 24.1 Å². The highest BCUT2D eigenvalue weighted by Gasteiger charge is 2.39. The minimum Gasteiger partial charge on any atom is -0.481 e. The van der Waals surface area contributed by atoms with Gasteiger partial charge in [-0.15, -0.1) is 0 Å². The number of carbonyl (C=O) groups is 11. The monoisotopic (exact) mass is 1000 g/mol. The lowest BCUT2D eigenvalue weighted by atomic mass is 10.0. The fraction of sp³-hybridized carbons (Fsp3) is 0.725. The molecule has 0 aromatic rings. The number of carbonyl (C=O) groups excluding carboxylic acids is 8. The van der Waals surface area contributed by atoms with Crippen LogP contribution in [0.3, 0.4) is 0 Å². The second kappa shape index (κ2) is 33.3. The van der Waals surface area contributed by atoms with E-state index in [1.165, 1.54) is 6.92 Å². The van der Waals surface area contributed by atoms with Gasteiger partial charge in [-0.25, -0.2) is 9.59 Å². The van der Waals surface area contributed by atoms with Gasteiger partial charge in [0, 0.05) is 19.8 Å². The highest BCUT2D eigenvalue weighted by Crippen LogP contribution is 2.13. The van der Waals surface area contributed by atoms with E-state index in [1.54, 1.807) is 0 Å². The fourth-order valence-electron chi connectivity index (χ4n) is 5.94. The number of amides is 8. The Hall–Kier alpha value is -6.20. The molecule has 0 fully saturated rings. The van der Waals surface area contributed by atoms with E-state index < -0.39 is 152 Å². The summed E-state index contributed by atoms with van der Waals surface area (Å²) in [5.74, 6) is -13.1. The maximum Gasteiger partial charge on any atom is 0.490 e. The second-order valence-corrected chi connectivity index (χ2v) is 16.2. The molecule has 0 saturated carbocycles. The third-order valence-corrected chi connectivity index (χ3v) is 9.50. The zero-order valence-electron chi connectivity index (χ0n) is 39.1. The van der Waals surface area contributed by atoms with Crippen LogP contribution in [0.1, 0.15) is 105 Å².